The van der Waals surface area contributed by atoms with Crippen molar-refractivity contribution in [1.82, 2.24) is 0 Å². The van der Waals surface area contributed by atoms with Crippen molar-refractivity contribution in [3.63, 3.8) is 0 Å². The minimum atomic E-state index is -1.02. The summed E-state index contributed by atoms with van der Waals surface area (Å²) in [5, 5.41) is 12.7. The van der Waals surface area contributed by atoms with Crippen LogP contribution in [0.2, 0.25) is 0 Å². The van der Waals surface area contributed by atoms with E-state index in [2.05, 4.69) is 5.32 Å². The summed E-state index contributed by atoms with van der Waals surface area (Å²) in [7, 11) is 1.45. The maximum Gasteiger partial charge on any atom is 0.342 e. The second-order valence-electron chi connectivity index (χ2n) is 6.16. The zero-order valence-electron chi connectivity index (χ0n) is 15.3. The molecule has 0 aromatic heterocycles. The molecule has 1 atom stereocenters. The maximum absolute atomic E-state index is 12.4. The van der Waals surface area contributed by atoms with Gasteiger partial charge in [0.2, 0.25) is 0 Å². The lowest BCUT2D eigenvalue weighted by Crippen LogP contribution is -2.30. The molecule has 2 rings (SSSR count). The van der Waals surface area contributed by atoms with E-state index in [9.17, 15) is 14.7 Å². The number of carbonyl (C=O) groups excluding carboxylic acids is 2. The van der Waals surface area contributed by atoms with Gasteiger partial charge in [-0.3, -0.25) is 4.79 Å². The number of aromatic hydroxyl groups is 1. The number of para-hydroxylation sites is 1. The van der Waals surface area contributed by atoms with Gasteiger partial charge in [-0.2, -0.15) is 0 Å². The largest absolute Gasteiger partial charge is 0.507 e. The number of methoxy groups -OCH3 is 1. The van der Waals surface area contributed by atoms with E-state index in [4.69, 9.17) is 9.47 Å². The van der Waals surface area contributed by atoms with Gasteiger partial charge in [-0.15, -0.1) is 0 Å². The predicted octanol–water partition coefficient (Wildman–Crippen LogP) is 3.71. The average molecular weight is 357 g/mol. The lowest BCUT2D eigenvalue weighted by Gasteiger charge is -2.17. The molecule has 6 nitrogen and oxygen atoms in total. The van der Waals surface area contributed by atoms with Crippen molar-refractivity contribution >= 4 is 17.6 Å². The predicted molar refractivity (Wildman–Crippen MR) is 98.7 cm³/mol. The number of ether oxygens (including phenoxy) is 2. The number of carbonyl (C=O) groups is 2. The summed E-state index contributed by atoms with van der Waals surface area (Å²) in [6, 6.07) is 11.7. The van der Waals surface area contributed by atoms with Crippen LogP contribution in [0.4, 0.5) is 5.69 Å². The van der Waals surface area contributed by atoms with Gasteiger partial charge in [0.05, 0.1) is 7.11 Å². The van der Waals surface area contributed by atoms with Crippen LogP contribution in [-0.2, 0) is 9.53 Å². The molecular weight excluding hydrogens is 334 g/mol. The Morgan fingerprint density at radius 3 is 2.38 bits per heavy atom. The highest BCUT2D eigenvalue weighted by molar-refractivity contribution is 5.98. The number of benzene rings is 2. The van der Waals surface area contributed by atoms with Crippen molar-refractivity contribution in [2.24, 2.45) is 0 Å². The number of hydrogen-bond donors (Lipinski definition) is 2. The second kappa shape index (κ2) is 8.38. The molecule has 0 aliphatic rings. The van der Waals surface area contributed by atoms with Gasteiger partial charge in [-0.1, -0.05) is 32.0 Å². The molecule has 0 unspecified atom stereocenters. The molecule has 0 spiro atoms. The van der Waals surface area contributed by atoms with Crippen molar-refractivity contribution in [2.45, 2.75) is 32.8 Å². The molecule has 0 heterocycles. The highest BCUT2D eigenvalue weighted by atomic mass is 16.5. The summed E-state index contributed by atoms with van der Waals surface area (Å²) in [6.45, 7) is 5.54. The Morgan fingerprint density at radius 1 is 1.08 bits per heavy atom. The van der Waals surface area contributed by atoms with Crippen LogP contribution in [0, 0.1) is 0 Å². The average Bonchev–Trinajstić information content (AvgIpc) is 2.61. The first kappa shape index (κ1) is 19.3. The monoisotopic (exact) mass is 357 g/mol. The van der Waals surface area contributed by atoms with Gasteiger partial charge < -0.3 is 19.9 Å². The molecule has 26 heavy (non-hydrogen) atoms. The van der Waals surface area contributed by atoms with Crippen molar-refractivity contribution < 1.29 is 24.2 Å². The smallest absolute Gasteiger partial charge is 0.342 e. The van der Waals surface area contributed by atoms with Crippen LogP contribution >= 0.6 is 0 Å². The zero-order valence-corrected chi connectivity index (χ0v) is 15.3. The van der Waals surface area contributed by atoms with Crippen molar-refractivity contribution in [3.05, 3.63) is 53.6 Å². The molecule has 0 fully saturated rings. The van der Waals surface area contributed by atoms with E-state index in [1.165, 1.54) is 32.2 Å². The Kier molecular flexibility index (Phi) is 6.22. The van der Waals surface area contributed by atoms with Crippen LogP contribution in [-0.4, -0.2) is 30.2 Å². The first-order valence-electron chi connectivity index (χ1n) is 8.31. The molecular formula is C20H23NO5. The molecule has 1 amide bonds. The topological polar surface area (TPSA) is 84.9 Å². The molecule has 2 aromatic carbocycles. The fourth-order valence-electron chi connectivity index (χ4n) is 2.44. The fourth-order valence-corrected chi connectivity index (χ4v) is 2.44. The summed E-state index contributed by atoms with van der Waals surface area (Å²) >= 11 is 0. The molecule has 0 aliphatic heterocycles. The van der Waals surface area contributed by atoms with Gasteiger partial charge in [0.15, 0.2) is 6.10 Å². The van der Waals surface area contributed by atoms with Gasteiger partial charge in [0.25, 0.3) is 5.91 Å². The van der Waals surface area contributed by atoms with Crippen molar-refractivity contribution in [2.75, 3.05) is 12.4 Å². The van der Waals surface area contributed by atoms with E-state index in [0.717, 1.165) is 5.56 Å². The molecule has 0 saturated heterocycles. The summed E-state index contributed by atoms with van der Waals surface area (Å²) in [5.41, 5.74) is 1.64. The first-order valence-corrected chi connectivity index (χ1v) is 8.31. The Balaban J connectivity index is 2.06. The summed E-state index contributed by atoms with van der Waals surface area (Å²) < 4.78 is 10.1. The fraction of sp³-hybridized carbons (Fsp3) is 0.300. The first-order chi connectivity index (χ1) is 12.3. The number of anilines is 1. The lowest BCUT2D eigenvalue weighted by atomic mass is 10.0. The van der Waals surface area contributed by atoms with Crippen LogP contribution in [0.1, 0.15) is 42.6 Å². The third-order valence-corrected chi connectivity index (χ3v) is 3.92. The number of phenolic OH excluding ortho intramolecular Hbond substituents is 1. The molecule has 0 saturated carbocycles. The highest BCUT2D eigenvalue weighted by Crippen LogP contribution is 2.25. The number of amides is 1. The van der Waals surface area contributed by atoms with Gasteiger partial charge in [0.1, 0.15) is 17.1 Å². The second-order valence-corrected chi connectivity index (χ2v) is 6.16. The molecule has 2 N–H and O–H groups in total. The minimum absolute atomic E-state index is 0.0342. The lowest BCUT2D eigenvalue weighted by molar-refractivity contribution is -0.123. The van der Waals surface area contributed by atoms with Gasteiger partial charge >= 0.3 is 5.97 Å². The van der Waals surface area contributed by atoms with E-state index in [-0.39, 0.29) is 17.2 Å². The van der Waals surface area contributed by atoms with Gasteiger partial charge in [-0.25, -0.2) is 4.79 Å². The van der Waals surface area contributed by atoms with Crippen LogP contribution in [0.3, 0.4) is 0 Å². The van der Waals surface area contributed by atoms with Crippen molar-refractivity contribution in [3.8, 4) is 11.5 Å². The number of esters is 1. The molecule has 0 radical (unpaired) electrons. The van der Waals surface area contributed by atoms with E-state index in [1.54, 1.807) is 6.07 Å². The van der Waals surface area contributed by atoms with Crippen molar-refractivity contribution in [1.29, 1.82) is 0 Å². The number of nitrogens with one attached hydrogen (secondary N) is 1. The summed E-state index contributed by atoms with van der Waals surface area (Å²) in [5.74, 6) is -0.854. The Labute approximate surface area is 152 Å². The Morgan fingerprint density at radius 2 is 1.77 bits per heavy atom. The van der Waals surface area contributed by atoms with Gasteiger partial charge in [-0.05, 0) is 36.6 Å². The SMILES string of the molecule is COc1ccc(C(=O)O[C@@H](C)C(=O)Nc2ccccc2C(C)C)c(O)c1. The number of rotatable bonds is 6. The minimum Gasteiger partial charge on any atom is -0.507 e. The standard InChI is InChI=1S/C20H23NO5/c1-12(2)15-7-5-6-8-17(15)21-19(23)13(3)26-20(24)16-10-9-14(25-4)11-18(16)22/h5-13,22H,1-4H3,(H,21,23)/t13-/m0/s1. The number of hydrogen-bond acceptors (Lipinski definition) is 5. The van der Waals surface area contributed by atoms with E-state index < -0.39 is 18.0 Å². The normalized spacial score (nSPS) is 11.7. The molecule has 138 valence electrons. The summed E-state index contributed by atoms with van der Waals surface area (Å²) in [4.78, 5) is 24.6. The van der Waals surface area contributed by atoms with E-state index in [1.807, 2.05) is 32.0 Å². The molecule has 6 heteroatoms. The third kappa shape index (κ3) is 4.53. The quantitative estimate of drug-likeness (QED) is 0.770. The Bertz CT molecular complexity index is 801. The van der Waals surface area contributed by atoms with Crippen LogP contribution in [0.15, 0.2) is 42.5 Å². The third-order valence-electron chi connectivity index (χ3n) is 3.92. The van der Waals surface area contributed by atoms with Crippen LogP contribution in [0.5, 0.6) is 11.5 Å². The van der Waals surface area contributed by atoms with E-state index >= 15 is 0 Å². The Hall–Kier alpha value is -3.02. The summed E-state index contributed by atoms with van der Waals surface area (Å²) in [6.07, 6.45) is -1.02. The highest BCUT2D eigenvalue weighted by Gasteiger charge is 2.22. The van der Waals surface area contributed by atoms with Gasteiger partial charge in [0, 0.05) is 11.8 Å². The van der Waals surface area contributed by atoms with Crippen LogP contribution in [0.25, 0.3) is 0 Å². The molecule has 0 aliphatic carbocycles. The zero-order chi connectivity index (χ0) is 19.3. The van der Waals surface area contributed by atoms with Crippen LogP contribution < -0.4 is 10.1 Å². The number of phenols is 1. The molecule has 2 aromatic rings. The molecule has 0 bridgehead atoms. The van der Waals surface area contributed by atoms with E-state index in [0.29, 0.717) is 11.4 Å². The maximum atomic E-state index is 12.4.